The molecule has 2 aromatic carbocycles. The van der Waals surface area contributed by atoms with Gasteiger partial charge in [-0.05, 0) is 157 Å². The molecule has 0 unspecified atom stereocenters. The fourth-order valence-electron chi connectivity index (χ4n) is 7.82. The maximum atomic E-state index is 6.60. The van der Waals surface area contributed by atoms with E-state index in [4.69, 9.17) is 38.9 Å². The van der Waals surface area contributed by atoms with Gasteiger partial charge >= 0.3 is 19.5 Å². The van der Waals surface area contributed by atoms with Crippen molar-refractivity contribution in [3.63, 3.8) is 0 Å². The Morgan fingerprint density at radius 3 is 1.01 bits per heavy atom. The quantitative estimate of drug-likeness (QED) is 0.0301. The molecule has 0 fully saturated rings. The molecule has 0 saturated heterocycles. The third kappa shape index (κ3) is 13.1. The summed E-state index contributed by atoms with van der Waals surface area (Å²) in [6.07, 6.45) is 27.1. The van der Waals surface area contributed by atoms with E-state index in [1.165, 1.54) is 0 Å². The number of aromatic nitrogens is 4. The van der Waals surface area contributed by atoms with E-state index in [2.05, 4.69) is 58.2 Å². The van der Waals surface area contributed by atoms with Crippen molar-refractivity contribution in [2.45, 2.75) is 77.0 Å². The van der Waals surface area contributed by atoms with Gasteiger partial charge in [-0.25, -0.2) is 9.97 Å². The third-order valence-corrected chi connectivity index (χ3v) is 12.8. The summed E-state index contributed by atoms with van der Waals surface area (Å²) in [6.45, 7) is 17.7. The van der Waals surface area contributed by atoms with Crippen molar-refractivity contribution < 1.29 is 38.4 Å². The van der Waals surface area contributed by atoms with Crippen molar-refractivity contribution >= 4 is 78.2 Å². The maximum absolute atomic E-state index is 6.60. The molecular weight excluding hydrogens is 1020 g/mol. The molecular formula is C56H58Br2N4O4Zn. The minimum absolute atomic E-state index is 0. The van der Waals surface area contributed by atoms with E-state index in [-0.39, 0.29) is 19.5 Å². The summed E-state index contributed by atoms with van der Waals surface area (Å²) in [5.74, 6) is 2.82. The van der Waals surface area contributed by atoms with Crippen LogP contribution in [0.5, 0.6) is 23.0 Å². The van der Waals surface area contributed by atoms with E-state index < -0.39 is 0 Å². The van der Waals surface area contributed by atoms with Crippen molar-refractivity contribution in [1.29, 1.82) is 0 Å². The molecule has 2 aliphatic heterocycles. The molecule has 5 aromatic rings. The number of unbranched alkanes of at least 4 members (excludes halogenated alkanes) is 8. The Labute approximate surface area is 425 Å². The largest absolute Gasteiger partial charge is 2.00 e. The molecule has 7 rings (SSSR count). The smallest absolute Gasteiger partial charge is 0.656 e. The summed E-state index contributed by atoms with van der Waals surface area (Å²) in [6, 6.07) is 20.0. The van der Waals surface area contributed by atoms with E-state index in [1.54, 1.807) is 0 Å². The van der Waals surface area contributed by atoms with Gasteiger partial charge in [-0.15, -0.1) is 48.4 Å². The summed E-state index contributed by atoms with van der Waals surface area (Å²) in [7, 11) is 0. The first kappa shape index (κ1) is 51.2. The number of halogens is 2. The van der Waals surface area contributed by atoms with Gasteiger partial charge in [0.15, 0.2) is 0 Å². The van der Waals surface area contributed by atoms with Gasteiger partial charge in [-0.3, -0.25) is 0 Å². The predicted octanol–water partition coefficient (Wildman–Crippen LogP) is 15.7. The van der Waals surface area contributed by atoms with Crippen molar-refractivity contribution in [1.82, 2.24) is 19.9 Å². The fraction of sp³-hybridized carbons (Fsp3) is 0.286. The van der Waals surface area contributed by atoms with E-state index in [0.29, 0.717) is 49.4 Å². The molecule has 8 nitrogen and oxygen atoms in total. The van der Waals surface area contributed by atoms with Gasteiger partial charge < -0.3 is 28.9 Å². The van der Waals surface area contributed by atoms with E-state index in [9.17, 15) is 0 Å². The SMILES string of the molecule is C=CCCCCOc1cccc(OCCCCC=C)c1-c1c2nc(c(Br)c3ccc([n-]3)c(-c3c(OCCCCC=C)cccc3OCCCCC=C)c3nc(c(Br)c4ccc1[n-]4)C=C3)C=C2.[Zn+2]. The van der Waals surface area contributed by atoms with Crippen LogP contribution in [0.1, 0.15) is 99.8 Å². The number of hydrogen-bond acceptors (Lipinski definition) is 6. The molecule has 0 N–H and O–H groups in total. The van der Waals surface area contributed by atoms with Gasteiger partial charge in [-0.1, -0.05) is 60.7 Å². The van der Waals surface area contributed by atoms with Crippen LogP contribution in [0.15, 0.2) is 120 Å². The van der Waals surface area contributed by atoms with Crippen LogP contribution >= 0.6 is 31.9 Å². The Morgan fingerprint density at radius 1 is 0.403 bits per heavy atom. The number of ether oxygens (including phenoxy) is 4. The normalized spacial score (nSPS) is 11.5. The Kier molecular flexibility index (Phi) is 20.1. The standard InChI is InChI=1S/C56H58Br2N4O4.Zn/c1-5-9-13-17-35-63-47-23-21-24-48(64-36-18-14-10-6-2)53(47)51-39-27-31-43(59-39)55(57)45-33-29-41(61-45)52(42-30-34-46(62-42)56(58)44-32-28-40(51)60-44)54-49(65-37-19-15-11-7-3)25-22-26-50(54)66-38-20-16-12-8-4;/h5-8,21-34H,1-4,9-20,35-38H2;/q-2;+2. The summed E-state index contributed by atoms with van der Waals surface area (Å²) in [5.41, 5.74) is 8.94. The first-order valence-corrected chi connectivity index (χ1v) is 24.6. The van der Waals surface area contributed by atoms with Crippen molar-refractivity contribution in [3.05, 3.63) is 143 Å². The Bertz CT molecular complexity index is 2490. The molecule has 0 saturated carbocycles. The second-order valence-corrected chi connectivity index (χ2v) is 17.6. The number of fused-ring (bicyclic) bond motifs is 8. The van der Waals surface area contributed by atoms with Crippen LogP contribution in [0.3, 0.4) is 0 Å². The molecule has 5 heterocycles. The number of allylic oxidation sites excluding steroid dienone is 4. The number of benzene rings is 2. The molecule has 8 bridgehead atoms. The zero-order valence-electron chi connectivity index (χ0n) is 38.4. The molecule has 0 spiro atoms. The van der Waals surface area contributed by atoms with Crippen LogP contribution in [0.25, 0.3) is 68.6 Å². The van der Waals surface area contributed by atoms with E-state index >= 15 is 0 Å². The Morgan fingerprint density at radius 2 is 0.701 bits per heavy atom. The van der Waals surface area contributed by atoms with E-state index in [0.717, 1.165) is 153 Å². The minimum atomic E-state index is 0. The molecule has 342 valence electrons. The molecule has 0 atom stereocenters. The van der Waals surface area contributed by atoms with Crippen LogP contribution in [-0.2, 0) is 19.5 Å². The zero-order valence-corrected chi connectivity index (χ0v) is 44.6. The molecule has 0 radical (unpaired) electrons. The number of nitrogens with zero attached hydrogens (tertiary/aromatic N) is 4. The second-order valence-electron chi connectivity index (χ2n) is 16.0. The van der Waals surface area contributed by atoms with Crippen molar-refractivity contribution in [3.8, 4) is 45.3 Å². The molecule has 3 aromatic heterocycles. The Hall–Kier alpha value is -5.22. The van der Waals surface area contributed by atoms with Gasteiger partial charge in [0.05, 0.1) is 60.3 Å². The van der Waals surface area contributed by atoms with E-state index in [1.807, 2.05) is 109 Å². The molecule has 67 heavy (non-hydrogen) atoms. The molecule has 0 amide bonds. The fourth-order valence-corrected chi connectivity index (χ4v) is 8.70. The summed E-state index contributed by atoms with van der Waals surface area (Å²) < 4.78 is 27.9. The van der Waals surface area contributed by atoms with Crippen molar-refractivity contribution in [2.75, 3.05) is 26.4 Å². The first-order chi connectivity index (χ1) is 32.4. The average Bonchev–Trinajstić information content (AvgIpc) is 4.19. The average molecular weight is 1080 g/mol. The van der Waals surface area contributed by atoms with Gasteiger partial charge in [0.1, 0.15) is 23.0 Å². The predicted molar refractivity (Wildman–Crippen MR) is 281 cm³/mol. The number of rotatable bonds is 26. The van der Waals surface area contributed by atoms with Gasteiger partial charge in [0.25, 0.3) is 0 Å². The molecule has 11 heteroatoms. The topological polar surface area (TPSA) is 90.9 Å². The summed E-state index contributed by atoms with van der Waals surface area (Å²) >= 11 is 7.88. The monoisotopic (exact) mass is 1070 g/mol. The van der Waals surface area contributed by atoms with Crippen LogP contribution in [0.2, 0.25) is 0 Å². The Balaban J connectivity index is 0.00000741. The van der Waals surface area contributed by atoms with Crippen LogP contribution < -0.4 is 28.9 Å². The maximum Gasteiger partial charge on any atom is 2.00 e. The second kappa shape index (κ2) is 26.4. The summed E-state index contributed by atoms with van der Waals surface area (Å²) in [5, 5.41) is 0. The van der Waals surface area contributed by atoms with Gasteiger partial charge in [0, 0.05) is 20.1 Å². The van der Waals surface area contributed by atoms with Crippen molar-refractivity contribution in [2.24, 2.45) is 0 Å². The number of hydrogen-bond donors (Lipinski definition) is 0. The zero-order chi connectivity index (χ0) is 46.1. The van der Waals surface area contributed by atoms with Crippen LogP contribution in [0.4, 0.5) is 0 Å². The molecule has 0 aliphatic carbocycles. The van der Waals surface area contributed by atoms with Crippen LogP contribution in [-0.4, -0.2) is 36.4 Å². The minimum Gasteiger partial charge on any atom is -0.656 e. The first-order valence-electron chi connectivity index (χ1n) is 23.0. The van der Waals surface area contributed by atoms with Gasteiger partial charge in [0.2, 0.25) is 0 Å². The van der Waals surface area contributed by atoms with Crippen LogP contribution in [0, 0.1) is 0 Å². The third-order valence-electron chi connectivity index (χ3n) is 11.2. The molecule has 2 aliphatic rings. The summed E-state index contributed by atoms with van der Waals surface area (Å²) in [4.78, 5) is 21.2. The van der Waals surface area contributed by atoms with Gasteiger partial charge in [-0.2, -0.15) is 0 Å².